The molecule has 0 saturated heterocycles. The largest absolute Gasteiger partial charge is 0.508 e. The van der Waals surface area contributed by atoms with E-state index in [0.29, 0.717) is 6.54 Å². The Kier molecular flexibility index (Phi) is 4.23. The van der Waals surface area contributed by atoms with Crippen molar-refractivity contribution in [1.29, 1.82) is 0 Å². The molecule has 1 aliphatic heterocycles. The van der Waals surface area contributed by atoms with Gasteiger partial charge in [-0.15, -0.1) is 0 Å². The number of halogens is 1. The molecule has 3 rings (SSSR count). The van der Waals surface area contributed by atoms with Crippen LogP contribution in [0.4, 0.5) is 3.89 Å². The molecule has 0 unspecified atom stereocenters. The lowest BCUT2D eigenvalue weighted by Gasteiger charge is -2.28. The molecule has 0 amide bonds. The maximum atomic E-state index is 12.4. The molecule has 0 atom stereocenters. The quantitative estimate of drug-likeness (QED) is 0.869. The minimum absolute atomic E-state index is 0.0508. The summed E-state index contributed by atoms with van der Waals surface area (Å²) in [5.41, 5.74) is 3.33. The summed E-state index contributed by atoms with van der Waals surface area (Å²) in [5, 5.41) is 9.58. The predicted octanol–water partition coefficient (Wildman–Crippen LogP) is 2.54. The van der Waals surface area contributed by atoms with Gasteiger partial charge in [0.05, 0.1) is 0 Å². The number of rotatable bonds is 4. The van der Waals surface area contributed by atoms with Gasteiger partial charge in [0.25, 0.3) is 0 Å². The van der Waals surface area contributed by atoms with Gasteiger partial charge in [-0.1, -0.05) is 22.1 Å². The third kappa shape index (κ3) is 4.20. The van der Waals surface area contributed by atoms with E-state index in [1.54, 1.807) is 24.3 Å². The van der Waals surface area contributed by atoms with Crippen LogP contribution in [0.25, 0.3) is 0 Å². The second kappa shape index (κ2) is 6.17. The van der Waals surface area contributed by atoms with Gasteiger partial charge in [0, 0.05) is 19.6 Å². The van der Waals surface area contributed by atoms with E-state index < -0.39 is 10.5 Å². The third-order valence-electron chi connectivity index (χ3n) is 3.81. The lowest BCUT2D eigenvalue weighted by Crippen LogP contribution is -2.29. The first-order chi connectivity index (χ1) is 10.9. The van der Waals surface area contributed by atoms with Crippen LogP contribution in [-0.2, 0) is 30.0 Å². The first kappa shape index (κ1) is 15.8. The number of phenolic OH excluding ortho intramolecular Hbond substituents is 1. The molecule has 2 aromatic carbocycles. The van der Waals surface area contributed by atoms with Crippen LogP contribution in [-0.4, -0.2) is 25.0 Å². The van der Waals surface area contributed by atoms with Gasteiger partial charge in [-0.3, -0.25) is 4.90 Å². The molecule has 1 heterocycles. The Bertz CT molecular complexity index is 805. The average Bonchev–Trinajstić information content (AvgIpc) is 2.47. The molecule has 0 fully saturated rings. The molecule has 23 heavy (non-hydrogen) atoms. The smallest absolute Gasteiger partial charge is 0.488 e. The molecule has 0 saturated carbocycles. The Labute approximate surface area is 134 Å². The molecule has 1 aliphatic rings. The van der Waals surface area contributed by atoms with Gasteiger partial charge in [0.1, 0.15) is 11.5 Å². The van der Waals surface area contributed by atoms with Gasteiger partial charge in [-0.2, -0.15) is 8.42 Å². The van der Waals surface area contributed by atoms with Crippen molar-refractivity contribution < 1.29 is 21.6 Å². The van der Waals surface area contributed by atoms with Gasteiger partial charge < -0.3 is 9.29 Å². The highest BCUT2D eigenvalue weighted by Crippen LogP contribution is 2.24. The van der Waals surface area contributed by atoms with Crippen LogP contribution in [0.5, 0.6) is 11.5 Å². The van der Waals surface area contributed by atoms with E-state index in [1.165, 1.54) is 17.7 Å². The van der Waals surface area contributed by atoms with E-state index in [-0.39, 0.29) is 11.5 Å². The molecule has 0 spiro atoms. The van der Waals surface area contributed by atoms with Gasteiger partial charge in [-0.25, -0.2) is 0 Å². The summed E-state index contributed by atoms with van der Waals surface area (Å²) < 4.78 is 37.5. The molecule has 5 nitrogen and oxygen atoms in total. The number of aromatic hydroxyl groups is 1. The van der Waals surface area contributed by atoms with Gasteiger partial charge in [0.2, 0.25) is 0 Å². The highest BCUT2D eigenvalue weighted by atomic mass is 32.3. The van der Waals surface area contributed by atoms with Crippen LogP contribution in [0.1, 0.15) is 16.7 Å². The Balaban J connectivity index is 1.66. The first-order valence-electron chi connectivity index (χ1n) is 7.15. The van der Waals surface area contributed by atoms with Crippen molar-refractivity contribution in [3.63, 3.8) is 0 Å². The Morgan fingerprint density at radius 2 is 1.87 bits per heavy atom. The zero-order valence-electron chi connectivity index (χ0n) is 12.3. The monoisotopic (exact) mass is 337 g/mol. The number of fused-ring (bicyclic) bond motifs is 1. The van der Waals surface area contributed by atoms with Crippen LogP contribution < -0.4 is 4.18 Å². The van der Waals surface area contributed by atoms with Crippen molar-refractivity contribution in [2.75, 3.05) is 6.54 Å². The van der Waals surface area contributed by atoms with E-state index in [1.807, 2.05) is 6.07 Å². The molecular formula is C16H16FNO4S. The van der Waals surface area contributed by atoms with Gasteiger partial charge in [-0.05, 0) is 47.4 Å². The Morgan fingerprint density at radius 3 is 2.57 bits per heavy atom. The fraction of sp³-hybridized carbons (Fsp3) is 0.250. The summed E-state index contributed by atoms with van der Waals surface area (Å²) in [4.78, 5) is 2.23. The van der Waals surface area contributed by atoms with Crippen molar-refractivity contribution in [2.45, 2.75) is 19.5 Å². The van der Waals surface area contributed by atoms with Gasteiger partial charge in [0.15, 0.2) is 0 Å². The first-order valence-corrected chi connectivity index (χ1v) is 8.46. The Hall–Kier alpha value is -2.12. The lowest BCUT2D eigenvalue weighted by atomic mass is 9.99. The van der Waals surface area contributed by atoms with E-state index >= 15 is 0 Å². The summed E-state index contributed by atoms with van der Waals surface area (Å²) in [6.45, 7) is 2.31. The molecule has 0 radical (unpaired) electrons. The van der Waals surface area contributed by atoms with Gasteiger partial charge >= 0.3 is 10.5 Å². The molecule has 0 aliphatic carbocycles. The normalized spacial score (nSPS) is 15.2. The SMILES string of the molecule is O=S(=O)(F)Oc1ccc(CN2CCc3ccc(O)cc3C2)cc1. The molecule has 0 bridgehead atoms. The van der Waals surface area contributed by atoms with Crippen LogP contribution in [0.3, 0.4) is 0 Å². The van der Waals surface area contributed by atoms with E-state index in [2.05, 4.69) is 9.08 Å². The number of phenols is 1. The summed E-state index contributed by atoms with van der Waals surface area (Å²) >= 11 is 0. The molecule has 2 aromatic rings. The molecule has 0 aromatic heterocycles. The summed E-state index contributed by atoms with van der Waals surface area (Å²) in [6.07, 6.45) is 0.914. The highest BCUT2D eigenvalue weighted by Gasteiger charge is 2.17. The maximum Gasteiger partial charge on any atom is 0.488 e. The summed E-state index contributed by atoms with van der Waals surface area (Å²) in [7, 11) is -4.99. The minimum Gasteiger partial charge on any atom is -0.508 e. The Morgan fingerprint density at radius 1 is 1.13 bits per heavy atom. The van der Waals surface area contributed by atoms with Crippen molar-refractivity contribution in [3.05, 3.63) is 59.2 Å². The number of nitrogens with zero attached hydrogens (tertiary/aromatic N) is 1. The molecule has 1 N–H and O–H groups in total. The molecular weight excluding hydrogens is 321 g/mol. The van der Waals surface area contributed by atoms with Crippen molar-refractivity contribution in [2.24, 2.45) is 0 Å². The van der Waals surface area contributed by atoms with Crippen LogP contribution in [0.2, 0.25) is 0 Å². The number of benzene rings is 2. The highest BCUT2D eigenvalue weighted by molar-refractivity contribution is 7.81. The predicted molar refractivity (Wildman–Crippen MR) is 83.0 cm³/mol. The number of hydrogen-bond donors (Lipinski definition) is 1. The van der Waals surface area contributed by atoms with Crippen LogP contribution in [0.15, 0.2) is 42.5 Å². The zero-order chi connectivity index (χ0) is 16.4. The zero-order valence-corrected chi connectivity index (χ0v) is 13.1. The second-order valence-corrected chi connectivity index (χ2v) is 6.49. The van der Waals surface area contributed by atoms with Crippen LogP contribution in [0, 0.1) is 0 Å². The van der Waals surface area contributed by atoms with Crippen LogP contribution >= 0.6 is 0 Å². The molecule has 122 valence electrons. The van der Waals surface area contributed by atoms with Crippen molar-refractivity contribution in [3.8, 4) is 11.5 Å². The van der Waals surface area contributed by atoms with Crippen molar-refractivity contribution >= 4 is 10.5 Å². The second-order valence-electron chi connectivity index (χ2n) is 5.53. The van der Waals surface area contributed by atoms with Crippen molar-refractivity contribution in [1.82, 2.24) is 4.90 Å². The van der Waals surface area contributed by atoms with E-state index in [0.717, 1.165) is 30.6 Å². The number of hydrogen-bond acceptors (Lipinski definition) is 5. The summed E-state index contributed by atoms with van der Waals surface area (Å²) in [5.74, 6) is 0.213. The lowest BCUT2D eigenvalue weighted by molar-refractivity contribution is 0.245. The van der Waals surface area contributed by atoms with E-state index in [4.69, 9.17) is 0 Å². The topological polar surface area (TPSA) is 66.8 Å². The third-order valence-corrected chi connectivity index (χ3v) is 4.20. The average molecular weight is 337 g/mol. The standard InChI is InChI=1S/C16H16FNO4S/c17-23(20,21)22-16-5-1-12(2-6-16)10-18-8-7-13-3-4-15(19)9-14(13)11-18/h1-6,9,19H,7-8,10-11H2. The summed E-state index contributed by atoms with van der Waals surface area (Å²) in [6, 6.07) is 11.7. The molecule has 7 heteroatoms. The minimum atomic E-state index is -4.99. The van der Waals surface area contributed by atoms with E-state index in [9.17, 15) is 17.4 Å². The maximum absolute atomic E-state index is 12.4. The fourth-order valence-corrected chi connectivity index (χ4v) is 3.10. The fourth-order valence-electron chi connectivity index (χ4n) is 2.76.